The van der Waals surface area contributed by atoms with E-state index in [0.29, 0.717) is 6.61 Å². The maximum absolute atomic E-state index is 5.95. The molecule has 0 aliphatic heterocycles. The van der Waals surface area contributed by atoms with Crippen LogP contribution in [0.25, 0.3) is 0 Å². The van der Waals surface area contributed by atoms with Crippen molar-refractivity contribution in [1.29, 1.82) is 0 Å². The highest BCUT2D eigenvalue weighted by atomic mass is 16.5. The minimum atomic E-state index is 0.227. The third kappa shape index (κ3) is 4.33. The van der Waals surface area contributed by atoms with Crippen LogP contribution in [0.15, 0.2) is 48.5 Å². The highest BCUT2D eigenvalue weighted by Crippen LogP contribution is 2.22. The van der Waals surface area contributed by atoms with Gasteiger partial charge >= 0.3 is 0 Å². The molecule has 0 amide bonds. The average Bonchev–Trinajstić information content (AvgIpc) is 2.52. The Bertz CT molecular complexity index is 551. The molecule has 2 rings (SSSR count). The predicted molar refractivity (Wildman–Crippen MR) is 88.9 cm³/mol. The molecular weight excluding hydrogens is 258 g/mol. The number of nitrogens with one attached hydrogen (secondary N) is 1. The van der Waals surface area contributed by atoms with Gasteiger partial charge in [-0.2, -0.15) is 0 Å². The Morgan fingerprint density at radius 3 is 2.48 bits per heavy atom. The van der Waals surface area contributed by atoms with E-state index in [9.17, 15) is 0 Å². The summed E-state index contributed by atoms with van der Waals surface area (Å²) in [4.78, 5) is 0. The lowest BCUT2D eigenvalue weighted by Crippen LogP contribution is -2.28. The molecule has 2 nitrogen and oxygen atoms in total. The molecule has 2 heteroatoms. The lowest BCUT2D eigenvalue weighted by atomic mass is 9.97. The molecule has 1 N–H and O–H groups in total. The van der Waals surface area contributed by atoms with Crippen molar-refractivity contribution in [3.63, 3.8) is 0 Å². The molecule has 1 unspecified atom stereocenters. The summed E-state index contributed by atoms with van der Waals surface area (Å²) in [5, 5.41) is 3.60. The maximum Gasteiger partial charge on any atom is 0.119 e. The first-order chi connectivity index (χ1) is 10.2. The van der Waals surface area contributed by atoms with Crippen molar-refractivity contribution in [2.75, 3.05) is 13.2 Å². The minimum absolute atomic E-state index is 0.227. The highest BCUT2D eigenvalue weighted by Gasteiger charge is 2.14. The van der Waals surface area contributed by atoms with Crippen molar-refractivity contribution in [2.24, 2.45) is 0 Å². The third-order valence-electron chi connectivity index (χ3n) is 3.82. The summed E-state index contributed by atoms with van der Waals surface area (Å²) in [5.41, 5.74) is 4.01. The third-order valence-corrected chi connectivity index (χ3v) is 3.82. The zero-order valence-corrected chi connectivity index (χ0v) is 13.2. The van der Waals surface area contributed by atoms with Gasteiger partial charge < -0.3 is 10.1 Å². The van der Waals surface area contributed by atoms with Crippen LogP contribution in [0.1, 0.15) is 36.1 Å². The number of para-hydroxylation sites is 1. The van der Waals surface area contributed by atoms with Crippen LogP contribution >= 0.6 is 0 Å². The molecular formula is C19H25NO. The summed E-state index contributed by atoms with van der Waals surface area (Å²) in [6.45, 7) is 8.18. The van der Waals surface area contributed by atoms with Crippen molar-refractivity contribution in [3.8, 4) is 5.75 Å². The number of benzene rings is 2. The van der Waals surface area contributed by atoms with Gasteiger partial charge in [-0.1, -0.05) is 43.3 Å². The predicted octanol–water partition coefficient (Wildman–Crippen LogP) is 4.42. The Hall–Kier alpha value is -1.80. The Morgan fingerprint density at radius 2 is 1.76 bits per heavy atom. The van der Waals surface area contributed by atoms with E-state index >= 15 is 0 Å². The van der Waals surface area contributed by atoms with Gasteiger partial charge in [0.25, 0.3) is 0 Å². The van der Waals surface area contributed by atoms with E-state index in [0.717, 1.165) is 18.7 Å². The first kappa shape index (κ1) is 15.6. The summed E-state index contributed by atoms with van der Waals surface area (Å²) >= 11 is 0. The number of hydrogen-bond donors (Lipinski definition) is 1. The van der Waals surface area contributed by atoms with E-state index in [4.69, 9.17) is 4.74 Å². The quantitative estimate of drug-likeness (QED) is 0.812. The average molecular weight is 283 g/mol. The van der Waals surface area contributed by atoms with E-state index in [1.807, 2.05) is 30.3 Å². The molecule has 0 saturated carbocycles. The number of aryl methyl sites for hydroxylation is 1. The molecule has 0 fully saturated rings. The fourth-order valence-corrected chi connectivity index (χ4v) is 2.42. The van der Waals surface area contributed by atoms with Gasteiger partial charge in [0.2, 0.25) is 0 Å². The lowest BCUT2D eigenvalue weighted by Gasteiger charge is -2.22. The van der Waals surface area contributed by atoms with Crippen LogP contribution in [-0.4, -0.2) is 13.2 Å². The molecule has 21 heavy (non-hydrogen) atoms. The standard InChI is InChI=1S/C19H25NO/c1-4-13-20-19(14-21-17-10-6-5-7-11-17)18-12-8-9-15(2)16(18)3/h5-12,19-20H,4,13-14H2,1-3H3. The van der Waals surface area contributed by atoms with Gasteiger partial charge in [-0.25, -0.2) is 0 Å². The summed E-state index contributed by atoms with van der Waals surface area (Å²) in [6, 6.07) is 16.7. The first-order valence-electron chi connectivity index (χ1n) is 7.69. The van der Waals surface area contributed by atoms with Crippen LogP contribution in [0.5, 0.6) is 5.75 Å². The molecule has 0 heterocycles. The molecule has 1 atom stereocenters. The topological polar surface area (TPSA) is 21.3 Å². The van der Waals surface area contributed by atoms with Crippen molar-refractivity contribution in [1.82, 2.24) is 5.32 Å². The van der Waals surface area contributed by atoms with Gasteiger partial charge in [0, 0.05) is 0 Å². The Labute approximate surface area is 128 Å². The second-order valence-electron chi connectivity index (χ2n) is 5.42. The number of hydrogen-bond acceptors (Lipinski definition) is 2. The molecule has 0 aromatic heterocycles. The normalized spacial score (nSPS) is 12.1. The molecule has 0 saturated heterocycles. The van der Waals surface area contributed by atoms with Gasteiger partial charge in [0.1, 0.15) is 12.4 Å². The van der Waals surface area contributed by atoms with E-state index < -0.39 is 0 Å². The molecule has 0 bridgehead atoms. The summed E-state index contributed by atoms with van der Waals surface area (Å²) < 4.78 is 5.95. The van der Waals surface area contributed by atoms with E-state index in [2.05, 4.69) is 44.3 Å². The SMILES string of the molecule is CCCNC(COc1ccccc1)c1cccc(C)c1C. The van der Waals surface area contributed by atoms with E-state index in [1.54, 1.807) is 0 Å². The minimum Gasteiger partial charge on any atom is -0.492 e. The van der Waals surface area contributed by atoms with Crippen LogP contribution < -0.4 is 10.1 Å². The molecule has 0 radical (unpaired) electrons. The van der Waals surface area contributed by atoms with Gasteiger partial charge in [0.15, 0.2) is 0 Å². The zero-order chi connectivity index (χ0) is 15.1. The molecule has 112 valence electrons. The summed E-state index contributed by atoms with van der Waals surface area (Å²) in [5.74, 6) is 0.922. The fraction of sp³-hybridized carbons (Fsp3) is 0.368. The van der Waals surface area contributed by atoms with Crippen molar-refractivity contribution in [2.45, 2.75) is 33.2 Å². The smallest absolute Gasteiger partial charge is 0.119 e. The summed E-state index contributed by atoms with van der Waals surface area (Å²) in [6.07, 6.45) is 1.12. The van der Waals surface area contributed by atoms with Crippen molar-refractivity contribution >= 4 is 0 Å². The highest BCUT2D eigenvalue weighted by molar-refractivity contribution is 5.35. The van der Waals surface area contributed by atoms with Crippen LogP contribution in [0.3, 0.4) is 0 Å². The van der Waals surface area contributed by atoms with Crippen LogP contribution in [-0.2, 0) is 0 Å². The van der Waals surface area contributed by atoms with E-state index in [1.165, 1.54) is 16.7 Å². The largest absolute Gasteiger partial charge is 0.492 e. The Kier molecular flexibility index (Phi) is 5.82. The second-order valence-corrected chi connectivity index (χ2v) is 5.42. The molecule has 0 aliphatic rings. The van der Waals surface area contributed by atoms with Crippen molar-refractivity contribution < 1.29 is 4.74 Å². The van der Waals surface area contributed by atoms with Crippen molar-refractivity contribution in [3.05, 3.63) is 65.2 Å². The molecule has 2 aromatic rings. The van der Waals surface area contributed by atoms with E-state index in [-0.39, 0.29) is 6.04 Å². The van der Waals surface area contributed by atoms with Gasteiger partial charge in [-0.15, -0.1) is 0 Å². The van der Waals surface area contributed by atoms with Crippen LogP contribution in [0.4, 0.5) is 0 Å². The van der Waals surface area contributed by atoms with Gasteiger partial charge in [0.05, 0.1) is 6.04 Å². The lowest BCUT2D eigenvalue weighted by molar-refractivity contribution is 0.266. The van der Waals surface area contributed by atoms with Crippen LogP contribution in [0, 0.1) is 13.8 Å². The molecule has 0 aliphatic carbocycles. The van der Waals surface area contributed by atoms with Crippen LogP contribution in [0.2, 0.25) is 0 Å². The Morgan fingerprint density at radius 1 is 1.00 bits per heavy atom. The molecule has 0 spiro atoms. The number of rotatable bonds is 7. The second kappa shape index (κ2) is 7.84. The van der Waals surface area contributed by atoms with Gasteiger partial charge in [-0.3, -0.25) is 0 Å². The maximum atomic E-state index is 5.95. The first-order valence-corrected chi connectivity index (χ1v) is 7.69. The monoisotopic (exact) mass is 283 g/mol. The molecule has 2 aromatic carbocycles. The fourth-order valence-electron chi connectivity index (χ4n) is 2.42. The number of ether oxygens (including phenoxy) is 1. The summed E-state index contributed by atoms with van der Waals surface area (Å²) in [7, 11) is 0. The zero-order valence-electron chi connectivity index (χ0n) is 13.2. The van der Waals surface area contributed by atoms with Gasteiger partial charge in [-0.05, 0) is 55.6 Å². The Balaban J connectivity index is 2.12.